The largest absolute Gasteiger partial charge is 0.475 e. The first-order valence-corrected chi connectivity index (χ1v) is 9.26. The first kappa shape index (κ1) is 19.5. The molecule has 0 spiro atoms. The van der Waals surface area contributed by atoms with Gasteiger partial charge in [0.25, 0.3) is 0 Å². The molecule has 27 heavy (non-hydrogen) atoms. The van der Waals surface area contributed by atoms with Crippen molar-refractivity contribution in [3.63, 3.8) is 0 Å². The molecule has 0 bridgehead atoms. The van der Waals surface area contributed by atoms with Gasteiger partial charge in [0.1, 0.15) is 0 Å². The second-order valence-electron chi connectivity index (χ2n) is 6.47. The summed E-state index contributed by atoms with van der Waals surface area (Å²) in [7, 11) is 1.35. The van der Waals surface area contributed by atoms with Crippen LogP contribution in [0.4, 0.5) is 5.69 Å². The van der Waals surface area contributed by atoms with Crippen molar-refractivity contribution < 1.29 is 14.3 Å². The minimum absolute atomic E-state index is 0.0973. The van der Waals surface area contributed by atoms with E-state index < -0.39 is 11.9 Å². The van der Waals surface area contributed by atoms with Crippen molar-refractivity contribution >= 4 is 34.9 Å². The monoisotopic (exact) mass is 406 g/mol. The fraction of sp³-hybridized carbons (Fsp3) is 0.300. The van der Waals surface area contributed by atoms with E-state index >= 15 is 0 Å². The number of hydrogen-bond donors (Lipinski definition) is 1. The standard InChI is InChI=1S/C20H20Cl2N2O3/c1-10(2)27-19-17-14(8-9-23-19)24-11(3)15(20(25)26-4)18(17)16-12(21)6-5-7-13(16)22/h5-10,18,24H,1-4H3. The molecule has 1 N–H and O–H groups in total. The number of nitrogens with zero attached hydrogens (tertiary/aromatic N) is 1. The zero-order valence-corrected chi connectivity index (χ0v) is 17.0. The molecule has 0 saturated carbocycles. The Morgan fingerprint density at radius 1 is 1.19 bits per heavy atom. The van der Waals surface area contributed by atoms with Crippen LogP contribution >= 0.6 is 23.2 Å². The lowest BCUT2D eigenvalue weighted by molar-refractivity contribution is -0.136. The molecule has 0 radical (unpaired) electrons. The SMILES string of the molecule is COC(=O)C1=C(C)Nc2ccnc(OC(C)C)c2C1c1c(Cl)cccc1Cl. The number of anilines is 1. The van der Waals surface area contributed by atoms with E-state index in [1.54, 1.807) is 24.4 Å². The summed E-state index contributed by atoms with van der Waals surface area (Å²) >= 11 is 13.0. The zero-order chi connectivity index (χ0) is 19.7. The van der Waals surface area contributed by atoms with Crippen LogP contribution in [-0.2, 0) is 9.53 Å². The van der Waals surface area contributed by atoms with Gasteiger partial charge in [-0.3, -0.25) is 0 Å². The maximum absolute atomic E-state index is 12.7. The molecule has 1 aliphatic rings. The predicted molar refractivity (Wildman–Crippen MR) is 107 cm³/mol. The molecule has 1 aromatic heterocycles. The van der Waals surface area contributed by atoms with Crippen LogP contribution in [0, 0.1) is 0 Å². The van der Waals surface area contributed by atoms with Gasteiger partial charge in [0.05, 0.1) is 30.3 Å². The number of ether oxygens (including phenoxy) is 2. The Bertz CT molecular complexity index is 905. The van der Waals surface area contributed by atoms with E-state index in [-0.39, 0.29) is 6.10 Å². The minimum Gasteiger partial charge on any atom is -0.475 e. The number of methoxy groups -OCH3 is 1. The topological polar surface area (TPSA) is 60.5 Å². The number of carbonyl (C=O) groups is 1. The van der Waals surface area contributed by atoms with Crippen LogP contribution < -0.4 is 10.1 Å². The number of esters is 1. The van der Waals surface area contributed by atoms with Gasteiger partial charge in [-0.05, 0) is 39.0 Å². The van der Waals surface area contributed by atoms with Crippen LogP contribution in [0.2, 0.25) is 10.0 Å². The van der Waals surface area contributed by atoms with Gasteiger partial charge in [-0.25, -0.2) is 9.78 Å². The maximum Gasteiger partial charge on any atom is 0.336 e. The molecular formula is C20H20Cl2N2O3. The highest BCUT2D eigenvalue weighted by Crippen LogP contribution is 2.49. The molecule has 1 unspecified atom stereocenters. The molecule has 0 amide bonds. The lowest BCUT2D eigenvalue weighted by Gasteiger charge is -2.32. The number of rotatable bonds is 4. The number of aromatic nitrogens is 1. The van der Waals surface area contributed by atoms with Gasteiger partial charge >= 0.3 is 5.97 Å². The van der Waals surface area contributed by atoms with Crippen LogP contribution in [0.25, 0.3) is 0 Å². The van der Waals surface area contributed by atoms with E-state index in [9.17, 15) is 4.79 Å². The lowest BCUT2D eigenvalue weighted by atomic mass is 9.81. The Labute approximate surface area is 168 Å². The normalized spacial score (nSPS) is 16.0. The number of carbonyl (C=O) groups excluding carboxylic acids is 1. The molecule has 0 aliphatic carbocycles. The first-order valence-electron chi connectivity index (χ1n) is 8.50. The van der Waals surface area contributed by atoms with Gasteiger partial charge in [0.15, 0.2) is 0 Å². The number of allylic oxidation sites excluding steroid dienone is 1. The molecule has 7 heteroatoms. The highest BCUT2D eigenvalue weighted by Gasteiger charge is 2.38. The molecule has 1 aromatic carbocycles. The van der Waals surface area contributed by atoms with E-state index in [0.717, 1.165) is 5.69 Å². The summed E-state index contributed by atoms with van der Waals surface area (Å²) in [6, 6.07) is 7.08. The van der Waals surface area contributed by atoms with Crippen molar-refractivity contribution in [3.05, 3.63) is 62.9 Å². The quantitative estimate of drug-likeness (QED) is 0.708. The van der Waals surface area contributed by atoms with Crippen LogP contribution in [0.5, 0.6) is 5.88 Å². The van der Waals surface area contributed by atoms with Crippen molar-refractivity contribution in [2.24, 2.45) is 0 Å². The van der Waals surface area contributed by atoms with E-state index in [0.29, 0.717) is 38.3 Å². The summed E-state index contributed by atoms with van der Waals surface area (Å²) in [6.45, 7) is 5.64. The number of halogens is 2. The third kappa shape index (κ3) is 3.62. The van der Waals surface area contributed by atoms with Crippen molar-refractivity contribution in [2.45, 2.75) is 32.8 Å². The van der Waals surface area contributed by atoms with Crippen LogP contribution in [0.1, 0.15) is 37.8 Å². The molecule has 1 aliphatic heterocycles. The fourth-order valence-electron chi connectivity index (χ4n) is 3.25. The highest BCUT2D eigenvalue weighted by atomic mass is 35.5. The molecule has 142 valence electrons. The molecule has 0 fully saturated rings. The maximum atomic E-state index is 12.7. The van der Waals surface area contributed by atoms with E-state index in [1.165, 1.54) is 7.11 Å². The molecule has 1 atom stereocenters. The average molecular weight is 407 g/mol. The van der Waals surface area contributed by atoms with Gasteiger partial charge in [-0.1, -0.05) is 29.3 Å². The summed E-state index contributed by atoms with van der Waals surface area (Å²) < 4.78 is 11.0. The summed E-state index contributed by atoms with van der Waals surface area (Å²) in [5.74, 6) is -0.617. The lowest BCUT2D eigenvalue weighted by Crippen LogP contribution is -2.25. The van der Waals surface area contributed by atoms with Gasteiger partial charge in [-0.2, -0.15) is 0 Å². The molecular weight excluding hydrogens is 387 g/mol. The second-order valence-corrected chi connectivity index (χ2v) is 7.28. The van der Waals surface area contributed by atoms with Gasteiger partial charge < -0.3 is 14.8 Å². The number of benzene rings is 1. The van der Waals surface area contributed by atoms with Crippen LogP contribution in [0.3, 0.4) is 0 Å². The minimum atomic E-state index is -0.572. The first-order chi connectivity index (χ1) is 12.8. The Morgan fingerprint density at radius 3 is 2.44 bits per heavy atom. The Morgan fingerprint density at radius 2 is 1.85 bits per heavy atom. The van der Waals surface area contributed by atoms with Gasteiger partial charge in [0.2, 0.25) is 5.88 Å². The van der Waals surface area contributed by atoms with Crippen molar-refractivity contribution in [1.82, 2.24) is 4.98 Å². The Balaban J connectivity index is 2.34. The van der Waals surface area contributed by atoms with E-state index in [1.807, 2.05) is 26.8 Å². The second kappa shape index (κ2) is 7.79. The Kier molecular flexibility index (Phi) is 5.63. The molecule has 2 heterocycles. The third-order valence-electron chi connectivity index (χ3n) is 4.30. The van der Waals surface area contributed by atoms with Crippen molar-refractivity contribution in [2.75, 3.05) is 12.4 Å². The average Bonchev–Trinajstić information content (AvgIpc) is 2.60. The molecule has 3 rings (SSSR count). The predicted octanol–water partition coefficient (Wildman–Crippen LogP) is 5.18. The summed E-state index contributed by atoms with van der Waals surface area (Å²) in [5.41, 5.74) is 3.18. The van der Waals surface area contributed by atoms with Crippen LogP contribution in [0.15, 0.2) is 41.7 Å². The molecule has 0 saturated heterocycles. The third-order valence-corrected chi connectivity index (χ3v) is 4.96. The summed E-state index contributed by atoms with van der Waals surface area (Å²) in [4.78, 5) is 17.0. The van der Waals surface area contributed by atoms with E-state index in [4.69, 9.17) is 32.7 Å². The summed E-state index contributed by atoms with van der Waals surface area (Å²) in [6.07, 6.45) is 1.56. The number of nitrogens with one attached hydrogen (secondary N) is 1. The van der Waals surface area contributed by atoms with Crippen LogP contribution in [-0.4, -0.2) is 24.2 Å². The Hall–Kier alpha value is -2.24. The number of hydrogen-bond acceptors (Lipinski definition) is 5. The fourth-order valence-corrected chi connectivity index (χ4v) is 3.86. The highest BCUT2D eigenvalue weighted by molar-refractivity contribution is 6.36. The number of pyridine rings is 1. The molecule has 2 aromatic rings. The number of fused-ring (bicyclic) bond motifs is 1. The summed E-state index contributed by atoms with van der Waals surface area (Å²) in [5, 5.41) is 4.16. The van der Waals surface area contributed by atoms with Crippen molar-refractivity contribution in [1.29, 1.82) is 0 Å². The van der Waals surface area contributed by atoms with Crippen molar-refractivity contribution in [3.8, 4) is 5.88 Å². The smallest absolute Gasteiger partial charge is 0.336 e. The molecule has 5 nitrogen and oxygen atoms in total. The zero-order valence-electron chi connectivity index (χ0n) is 15.5. The van der Waals surface area contributed by atoms with Gasteiger partial charge in [0, 0.05) is 33.2 Å². The van der Waals surface area contributed by atoms with Gasteiger partial charge in [-0.15, -0.1) is 0 Å². The van der Waals surface area contributed by atoms with E-state index in [2.05, 4.69) is 10.3 Å².